The van der Waals surface area contributed by atoms with E-state index in [0.29, 0.717) is 11.4 Å². The van der Waals surface area contributed by atoms with E-state index in [9.17, 15) is 4.79 Å². The van der Waals surface area contributed by atoms with Crippen LogP contribution in [-0.4, -0.2) is 29.4 Å². The highest BCUT2D eigenvalue weighted by Gasteiger charge is 2.52. The molecule has 0 aliphatic carbocycles. The smallest absolute Gasteiger partial charge is 0.399 e. The number of anilines is 1. The van der Waals surface area contributed by atoms with E-state index < -0.39 is 18.3 Å². The summed E-state index contributed by atoms with van der Waals surface area (Å²) in [6, 6.07) is 7.03. The highest BCUT2D eigenvalue weighted by atomic mass is 16.7. The van der Waals surface area contributed by atoms with E-state index in [1.54, 1.807) is 18.2 Å². The summed E-state index contributed by atoms with van der Waals surface area (Å²) in [4.78, 5) is 12.4. The molecule has 0 radical (unpaired) electrons. The number of aryl methyl sites for hydroxylation is 1. The van der Waals surface area contributed by atoms with Gasteiger partial charge in [-0.25, -0.2) is 0 Å². The van der Waals surface area contributed by atoms with E-state index in [2.05, 4.69) is 10.5 Å². The van der Waals surface area contributed by atoms with Crippen molar-refractivity contribution in [2.45, 2.75) is 45.8 Å². The predicted octanol–water partition coefficient (Wildman–Crippen LogP) is 2.53. The van der Waals surface area contributed by atoms with Crippen LogP contribution >= 0.6 is 0 Å². The molecule has 24 heavy (non-hydrogen) atoms. The van der Waals surface area contributed by atoms with Gasteiger partial charge in [0.25, 0.3) is 5.91 Å². The Morgan fingerprint density at radius 1 is 1.12 bits per heavy atom. The zero-order valence-corrected chi connectivity index (χ0v) is 14.5. The summed E-state index contributed by atoms with van der Waals surface area (Å²) in [5.74, 6) is 0.111. The molecule has 0 unspecified atom stereocenters. The quantitative estimate of drug-likeness (QED) is 0.877. The summed E-state index contributed by atoms with van der Waals surface area (Å²) >= 11 is 0. The van der Waals surface area contributed by atoms with Crippen molar-refractivity contribution < 1.29 is 18.6 Å². The first-order valence-electron chi connectivity index (χ1n) is 7.87. The Hall–Kier alpha value is -2.12. The predicted molar refractivity (Wildman–Crippen MR) is 91.4 cm³/mol. The van der Waals surface area contributed by atoms with Crippen LogP contribution in [0.3, 0.4) is 0 Å². The standard InChI is InChI=1S/C17H21BN2O4/c1-11-6-7-12(15(21)19-14-8-9-22-20-14)10-13(11)18-23-16(2,3)17(4,5)24-18/h6-10H,1-5H3,(H,19,20,21). The number of carbonyl (C=O) groups is 1. The van der Waals surface area contributed by atoms with Gasteiger partial charge in [0.1, 0.15) is 6.26 Å². The summed E-state index contributed by atoms with van der Waals surface area (Å²) < 4.78 is 16.9. The van der Waals surface area contributed by atoms with E-state index >= 15 is 0 Å². The van der Waals surface area contributed by atoms with Crippen molar-refractivity contribution in [2.75, 3.05) is 5.32 Å². The van der Waals surface area contributed by atoms with E-state index in [1.807, 2.05) is 40.7 Å². The molecule has 1 aliphatic heterocycles. The van der Waals surface area contributed by atoms with Gasteiger partial charge in [-0.2, -0.15) is 0 Å². The minimum atomic E-state index is -0.505. The molecule has 1 saturated heterocycles. The molecule has 0 saturated carbocycles. The van der Waals surface area contributed by atoms with Crippen LogP contribution in [0.5, 0.6) is 0 Å². The molecule has 0 atom stereocenters. The van der Waals surface area contributed by atoms with Crippen molar-refractivity contribution in [1.82, 2.24) is 5.16 Å². The minimum absolute atomic E-state index is 0.262. The fourth-order valence-corrected chi connectivity index (χ4v) is 2.47. The zero-order chi connectivity index (χ0) is 17.5. The largest absolute Gasteiger partial charge is 0.495 e. The lowest BCUT2D eigenvalue weighted by molar-refractivity contribution is 0.00578. The van der Waals surface area contributed by atoms with Gasteiger partial charge in [-0.1, -0.05) is 16.8 Å². The average molecular weight is 328 g/mol. The van der Waals surface area contributed by atoms with Crippen molar-refractivity contribution in [3.8, 4) is 0 Å². The molecular weight excluding hydrogens is 307 g/mol. The Balaban J connectivity index is 1.86. The lowest BCUT2D eigenvalue weighted by Crippen LogP contribution is -2.41. The van der Waals surface area contributed by atoms with Crippen LogP contribution in [0, 0.1) is 6.92 Å². The maximum absolute atomic E-state index is 12.4. The van der Waals surface area contributed by atoms with Gasteiger partial charge in [0.15, 0.2) is 5.82 Å². The van der Waals surface area contributed by atoms with Crippen LogP contribution in [0.15, 0.2) is 35.1 Å². The van der Waals surface area contributed by atoms with Crippen LogP contribution in [-0.2, 0) is 9.31 Å². The number of nitrogens with zero attached hydrogens (tertiary/aromatic N) is 1. The highest BCUT2D eigenvalue weighted by molar-refractivity contribution is 6.62. The Labute approximate surface area is 141 Å². The minimum Gasteiger partial charge on any atom is -0.399 e. The number of hydrogen-bond donors (Lipinski definition) is 1. The number of nitrogens with one attached hydrogen (secondary N) is 1. The molecule has 7 heteroatoms. The first-order valence-corrected chi connectivity index (χ1v) is 7.87. The van der Waals surface area contributed by atoms with Crippen LogP contribution in [0.4, 0.5) is 5.82 Å². The molecule has 0 spiro atoms. The summed E-state index contributed by atoms with van der Waals surface area (Å²) in [6.07, 6.45) is 1.40. The highest BCUT2D eigenvalue weighted by Crippen LogP contribution is 2.36. The lowest BCUT2D eigenvalue weighted by atomic mass is 9.75. The third-order valence-corrected chi connectivity index (χ3v) is 4.73. The number of aromatic nitrogens is 1. The number of rotatable bonds is 3. The van der Waals surface area contributed by atoms with Gasteiger partial charge in [0.2, 0.25) is 0 Å². The molecule has 0 bridgehead atoms. The molecule has 126 valence electrons. The summed E-state index contributed by atoms with van der Waals surface area (Å²) in [7, 11) is -0.505. The lowest BCUT2D eigenvalue weighted by Gasteiger charge is -2.32. The molecule has 1 fully saturated rings. The molecule has 1 aromatic heterocycles. The molecule has 2 heterocycles. The summed E-state index contributed by atoms with van der Waals surface area (Å²) in [6.45, 7) is 9.99. The molecule has 1 aromatic carbocycles. The molecule has 1 amide bonds. The fraction of sp³-hybridized carbons (Fsp3) is 0.412. The molecule has 1 aliphatic rings. The Kier molecular flexibility index (Phi) is 4.01. The Morgan fingerprint density at radius 3 is 2.38 bits per heavy atom. The topological polar surface area (TPSA) is 73.6 Å². The number of hydrogen-bond acceptors (Lipinski definition) is 5. The number of carbonyl (C=O) groups excluding carboxylic acids is 1. The molecule has 1 N–H and O–H groups in total. The van der Waals surface area contributed by atoms with Crippen LogP contribution in [0.2, 0.25) is 0 Å². The van der Waals surface area contributed by atoms with E-state index in [4.69, 9.17) is 13.8 Å². The monoisotopic (exact) mass is 328 g/mol. The van der Waals surface area contributed by atoms with E-state index in [0.717, 1.165) is 11.0 Å². The van der Waals surface area contributed by atoms with E-state index in [-0.39, 0.29) is 5.91 Å². The van der Waals surface area contributed by atoms with Gasteiger partial charge in [-0.05, 0) is 52.2 Å². The second-order valence-corrected chi connectivity index (χ2v) is 7.00. The SMILES string of the molecule is Cc1ccc(C(=O)Nc2ccon2)cc1B1OC(C)(C)C(C)(C)O1. The van der Waals surface area contributed by atoms with Crippen molar-refractivity contribution in [3.05, 3.63) is 41.7 Å². The number of benzene rings is 1. The van der Waals surface area contributed by atoms with Gasteiger partial charge in [-0.3, -0.25) is 4.79 Å². The van der Waals surface area contributed by atoms with Crippen LogP contribution < -0.4 is 10.8 Å². The summed E-state index contributed by atoms with van der Waals surface area (Å²) in [5.41, 5.74) is 1.51. The van der Waals surface area contributed by atoms with Crippen molar-refractivity contribution >= 4 is 24.3 Å². The van der Waals surface area contributed by atoms with Crippen molar-refractivity contribution in [1.29, 1.82) is 0 Å². The summed E-state index contributed by atoms with van der Waals surface area (Å²) in [5, 5.41) is 6.36. The third kappa shape index (κ3) is 2.97. The fourth-order valence-electron chi connectivity index (χ4n) is 2.47. The Morgan fingerprint density at radius 2 is 1.79 bits per heavy atom. The second-order valence-electron chi connectivity index (χ2n) is 7.00. The van der Waals surface area contributed by atoms with Crippen LogP contribution in [0.25, 0.3) is 0 Å². The first kappa shape index (κ1) is 16.7. The molecule has 3 rings (SSSR count). The first-order chi connectivity index (χ1) is 11.2. The van der Waals surface area contributed by atoms with Gasteiger partial charge < -0.3 is 19.1 Å². The van der Waals surface area contributed by atoms with Crippen molar-refractivity contribution in [3.63, 3.8) is 0 Å². The normalized spacial score (nSPS) is 18.6. The molecule has 6 nitrogen and oxygen atoms in total. The maximum Gasteiger partial charge on any atom is 0.495 e. The molecule has 2 aromatic rings. The van der Waals surface area contributed by atoms with Gasteiger partial charge in [0, 0.05) is 11.6 Å². The van der Waals surface area contributed by atoms with Crippen LogP contribution in [0.1, 0.15) is 43.6 Å². The second kappa shape index (κ2) is 5.75. The molecular formula is C17H21BN2O4. The van der Waals surface area contributed by atoms with E-state index in [1.165, 1.54) is 6.26 Å². The maximum atomic E-state index is 12.4. The van der Waals surface area contributed by atoms with Gasteiger partial charge in [0.05, 0.1) is 11.2 Å². The van der Waals surface area contributed by atoms with Gasteiger partial charge in [-0.15, -0.1) is 0 Å². The number of amides is 1. The van der Waals surface area contributed by atoms with Gasteiger partial charge >= 0.3 is 7.12 Å². The third-order valence-electron chi connectivity index (χ3n) is 4.73. The van der Waals surface area contributed by atoms with Crippen molar-refractivity contribution in [2.24, 2.45) is 0 Å². The zero-order valence-electron chi connectivity index (χ0n) is 14.5. The average Bonchev–Trinajstić information content (AvgIpc) is 3.05. The Bertz CT molecular complexity index is 740.